The second kappa shape index (κ2) is 5.83. The van der Waals surface area contributed by atoms with E-state index in [1.54, 1.807) is 0 Å². The second-order valence-electron chi connectivity index (χ2n) is 4.49. The number of nitriles is 1. The molecule has 100 valence electrons. The van der Waals surface area contributed by atoms with Gasteiger partial charge >= 0.3 is 0 Å². The van der Waals surface area contributed by atoms with E-state index in [2.05, 4.69) is 6.07 Å². The summed E-state index contributed by atoms with van der Waals surface area (Å²) >= 11 is 0. The first kappa shape index (κ1) is 13.5. The molecule has 0 unspecified atom stereocenters. The van der Waals surface area contributed by atoms with Crippen molar-refractivity contribution >= 4 is 5.91 Å². The van der Waals surface area contributed by atoms with Gasteiger partial charge in [-0.2, -0.15) is 5.26 Å². The standard InChI is InChI=1S/C14H16N2O3/c1-19-9-13(18)16-11(7-15)14(12(16)8-17)10-5-3-2-4-6-10/h2-6,11-12,14,17H,8-9H2,1H3/t11-,12-,14+/m1/s1. The van der Waals surface area contributed by atoms with Crippen molar-refractivity contribution in [2.24, 2.45) is 0 Å². The predicted octanol–water partition coefficient (Wildman–Crippen LogP) is 0.512. The Balaban J connectivity index is 2.23. The Morgan fingerprint density at radius 3 is 2.68 bits per heavy atom. The van der Waals surface area contributed by atoms with E-state index >= 15 is 0 Å². The van der Waals surface area contributed by atoms with Gasteiger partial charge in [0, 0.05) is 13.0 Å². The lowest BCUT2D eigenvalue weighted by Crippen LogP contribution is -2.65. The Kier molecular flexibility index (Phi) is 4.15. The second-order valence-corrected chi connectivity index (χ2v) is 4.49. The van der Waals surface area contributed by atoms with Gasteiger partial charge in [-0.05, 0) is 5.56 Å². The minimum Gasteiger partial charge on any atom is -0.394 e. The fraction of sp³-hybridized carbons (Fsp3) is 0.429. The van der Waals surface area contributed by atoms with Crippen LogP contribution in [0.3, 0.4) is 0 Å². The van der Waals surface area contributed by atoms with E-state index < -0.39 is 6.04 Å². The zero-order valence-electron chi connectivity index (χ0n) is 10.7. The molecule has 2 rings (SSSR count). The zero-order chi connectivity index (χ0) is 13.8. The first-order valence-corrected chi connectivity index (χ1v) is 6.10. The molecule has 19 heavy (non-hydrogen) atoms. The molecule has 0 aliphatic carbocycles. The molecule has 0 bridgehead atoms. The van der Waals surface area contributed by atoms with Crippen molar-refractivity contribution in [2.45, 2.75) is 18.0 Å². The van der Waals surface area contributed by atoms with E-state index in [1.807, 2.05) is 30.3 Å². The number of hydrogen-bond acceptors (Lipinski definition) is 4. The molecule has 1 aromatic rings. The third-order valence-electron chi connectivity index (χ3n) is 3.47. The van der Waals surface area contributed by atoms with E-state index in [1.165, 1.54) is 12.0 Å². The van der Waals surface area contributed by atoms with E-state index in [0.29, 0.717) is 0 Å². The highest BCUT2D eigenvalue weighted by molar-refractivity contribution is 5.80. The smallest absolute Gasteiger partial charge is 0.249 e. The molecule has 1 aromatic carbocycles. The van der Waals surface area contributed by atoms with Crippen LogP contribution in [-0.2, 0) is 9.53 Å². The summed E-state index contributed by atoms with van der Waals surface area (Å²) in [5.41, 5.74) is 0.967. The monoisotopic (exact) mass is 260 g/mol. The number of methoxy groups -OCH3 is 1. The summed E-state index contributed by atoms with van der Waals surface area (Å²) in [5, 5.41) is 18.7. The Morgan fingerprint density at radius 1 is 1.47 bits per heavy atom. The number of amides is 1. The highest BCUT2D eigenvalue weighted by Gasteiger charge is 2.51. The normalized spacial score (nSPS) is 25.5. The number of hydrogen-bond donors (Lipinski definition) is 1. The number of benzene rings is 1. The van der Waals surface area contributed by atoms with Crippen molar-refractivity contribution in [1.29, 1.82) is 5.26 Å². The molecule has 0 aromatic heterocycles. The van der Waals surface area contributed by atoms with E-state index in [0.717, 1.165) is 5.56 Å². The van der Waals surface area contributed by atoms with Crippen molar-refractivity contribution in [3.8, 4) is 6.07 Å². The first-order chi connectivity index (χ1) is 9.24. The lowest BCUT2D eigenvalue weighted by molar-refractivity contribution is -0.150. The van der Waals surface area contributed by atoms with Crippen molar-refractivity contribution in [3.63, 3.8) is 0 Å². The summed E-state index contributed by atoms with van der Waals surface area (Å²) in [4.78, 5) is 13.3. The zero-order valence-corrected chi connectivity index (χ0v) is 10.7. The van der Waals surface area contributed by atoms with Gasteiger partial charge in [0.15, 0.2) is 0 Å². The summed E-state index contributed by atoms with van der Waals surface area (Å²) in [7, 11) is 1.43. The molecular weight excluding hydrogens is 244 g/mol. The van der Waals surface area contributed by atoms with Crippen LogP contribution < -0.4 is 0 Å². The maximum absolute atomic E-state index is 11.9. The van der Waals surface area contributed by atoms with Crippen LogP contribution in [-0.4, -0.2) is 48.3 Å². The lowest BCUT2D eigenvalue weighted by Gasteiger charge is -2.51. The summed E-state index contributed by atoms with van der Waals surface area (Å²) in [6, 6.07) is 10.7. The molecule has 1 aliphatic heterocycles. The summed E-state index contributed by atoms with van der Waals surface area (Å²) in [6.07, 6.45) is 0. The minimum absolute atomic E-state index is 0.0732. The molecule has 1 amide bonds. The van der Waals surface area contributed by atoms with Gasteiger partial charge in [-0.25, -0.2) is 0 Å². The van der Waals surface area contributed by atoms with Crippen molar-refractivity contribution in [3.05, 3.63) is 35.9 Å². The highest BCUT2D eigenvalue weighted by atomic mass is 16.5. The van der Waals surface area contributed by atoms with E-state index in [-0.39, 0.29) is 31.1 Å². The van der Waals surface area contributed by atoms with Crippen LogP contribution in [0.2, 0.25) is 0 Å². The predicted molar refractivity (Wildman–Crippen MR) is 68.2 cm³/mol. The molecule has 3 atom stereocenters. The Morgan fingerprint density at radius 2 is 2.16 bits per heavy atom. The van der Waals surface area contributed by atoms with Gasteiger partial charge in [-0.3, -0.25) is 4.79 Å². The topological polar surface area (TPSA) is 73.6 Å². The lowest BCUT2D eigenvalue weighted by atomic mass is 9.75. The van der Waals surface area contributed by atoms with Crippen molar-refractivity contribution in [1.82, 2.24) is 4.90 Å². The Labute approximate surface area is 112 Å². The van der Waals surface area contributed by atoms with Gasteiger partial charge in [-0.15, -0.1) is 0 Å². The molecule has 5 heteroatoms. The Hall–Kier alpha value is -1.90. The van der Waals surface area contributed by atoms with Gasteiger partial charge in [0.25, 0.3) is 0 Å². The maximum atomic E-state index is 11.9. The summed E-state index contributed by atoms with van der Waals surface area (Å²) in [6.45, 7) is -0.233. The average molecular weight is 260 g/mol. The summed E-state index contributed by atoms with van der Waals surface area (Å²) in [5.74, 6) is -0.405. The first-order valence-electron chi connectivity index (χ1n) is 6.10. The van der Waals surface area contributed by atoms with Crippen molar-refractivity contribution in [2.75, 3.05) is 20.3 Å². The quantitative estimate of drug-likeness (QED) is 0.856. The molecule has 1 fully saturated rings. The number of carbonyl (C=O) groups excluding carboxylic acids is 1. The van der Waals surface area contributed by atoms with Crippen LogP contribution in [0.1, 0.15) is 11.5 Å². The van der Waals surface area contributed by atoms with Gasteiger partial charge in [-0.1, -0.05) is 30.3 Å². The average Bonchev–Trinajstić information content (AvgIpc) is 2.40. The van der Waals surface area contributed by atoms with Crippen molar-refractivity contribution < 1.29 is 14.6 Å². The van der Waals surface area contributed by atoms with E-state index in [9.17, 15) is 15.2 Å². The van der Waals surface area contributed by atoms with Crippen LogP contribution >= 0.6 is 0 Å². The highest BCUT2D eigenvalue weighted by Crippen LogP contribution is 2.40. The number of aliphatic hydroxyl groups is 1. The van der Waals surface area contributed by atoms with Crippen LogP contribution in [0.4, 0.5) is 0 Å². The third kappa shape index (κ3) is 2.33. The molecule has 1 heterocycles. The fourth-order valence-corrected chi connectivity index (χ4v) is 2.62. The SMILES string of the molecule is COCC(=O)N1[C@H](C#N)[C@H](c2ccccc2)[C@H]1CO. The molecule has 1 aliphatic rings. The fourth-order valence-electron chi connectivity index (χ4n) is 2.62. The summed E-state index contributed by atoms with van der Waals surface area (Å²) < 4.78 is 4.80. The number of ether oxygens (including phenoxy) is 1. The molecule has 5 nitrogen and oxygen atoms in total. The van der Waals surface area contributed by atoms with Crippen LogP contribution in [0.5, 0.6) is 0 Å². The van der Waals surface area contributed by atoms with Gasteiger partial charge in [0.1, 0.15) is 12.6 Å². The largest absolute Gasteiger partial charge is 0.394 e. The van der Waals surface area contributed by atoms with Crippen LogP contribution in [0, 0.1) is 11.3 Å². The molecule has 1 N–H and O–H groups in total. The number of carbonyl (C=O) groups is 1. The van der Waals surface area contributed by atoms with Crippen LogP contribution in [0.25, 0.3) is 0 Å². The van der Waals surface area contributed by atoms with E-state index in [4.69, 9.17) is 4.74 Å². The van der Waals surface area contributed by atoms with Gasteiger partial charge in [0.05, 0.1) is 18.7 Å². The molecule has 0 spiro atoms. The Bertz CT molecular complexity index is 483. The third-order valence-corrected chi connectivity index (χ3v) is 3.47. The van der Waals surface area contributed by atoms with Gasteiger partial charge < -0.3 is 14.7 Å². The van der Waals surface area contributed by atoms with Crippen LogP contribution in [0.15, 0.2) is 30.3 Å². The maximum Gasteiger partial charge on any atom is 0.249 e. The molecule has 0 saturated carbocycles. The molecular formula is C14H16N2O3. The molecule has 1 saturated heterocycles. The number of rotatable bonds is 4. The number of likely N-dealkylation sites (tertiary alicyclic amines) is 1. The minimum atomic E-state index is -0.540. The van der Waals surface area contributed by atoms with Gasteiger partial charge in [0.2, 0.25) is 5.91 Å². The number of nitrogens with zero attached hydrogens (tertiary/aromatic N) is 2. The molecule has 0 radical (unpaired) electrons. The number of aliphatic hydroxyl groups excluding tert-OH is 1.